The first kappa shape index (κ1) is 33.4. The molecule has 13 heteroatoms. The van der Waals surface area contributed by atoms with Gasteiger partial charge >= 0.3 is 0 Å². The van der Waals surface area contributed by atoms with Crippen LogP contribution in [0.4, 0.5) is 0 Å². The van der Waals surface area contributed by atoms with Gasteiger partial charge in [0.15, 0.2) is 6.29 Å². The van der Waals surface area contributed by atoms with Gasteiger partial charge in [-0.15, -0.1) is 5.10 Å². The molecule has 1 aliphatic rings. The number of hydrogen-bond acceptors (Lipinski definition) is 8. The van der Waals surface area contributed by atoms with E-state index in [9.17, 15) is 9.90 Å². The van der Waals surface area contributed by atoms with E-state index in [0.717, 1.165) is 39.1 Å². The SMILES string of the molecule is O=C(NCc1cccc(-c2cccc([C@H]3O[C@@H](CSc4nnnn4-c4ccccc4)C[C@@H](c4ccc(CO)cc4)O3)c2)c1)C(Cl)(Cl)Cl. The largest absolute Gasteiger partial charge is 0.392 e. The van der Waals surface area contributed by atoms with Gasteiger partial charge in [0, 0.05) is 24.3 Å². The molecule has 0 saturated carbocycles. The zero-order valence-electron chi connectivity index (χ0n) is 24.9. The summed E-state index contributed by atoms with van der Waals surface area (Å²) in [5, 5.41) is 25.2. The van der Waals surface area contributed by atoms with Gasteiger partial charge in [-0.25, -0.2) is 0 Å². The van der Waals surface area contributed by atoms with E-state index in [-0.39, 0.29) is 25.4 Å². The monoisotopic (exact) mass is 709 g/mol. The van der Waals surface area contributed by atoms with Gasteiger partial charge in [-0.1, -0.05) is 125 Å². The third-order valence-electron chi connectivity index (χ3n) is 7.58. The lowest BCUT2D eigenvalue weighted by Gasteiger charge is -2.36. The predicted octanol–water partition coefficient (Wildman–Crippen LogP) is 7.15. The van der Waals surface area contributed by atoms with Gasteiger partial charge < -0.3 is 19.9 Å². The lowest BCUT2D eigenvalue weighted by Crippen LogP contribution is -2.33. The molecule has 5 aromatic rings. The predicted molar refractivity (Wildman–Crippen MR) is 182 cm³/mol. The Hall–Kier alpha value is -3.48. The molecule has 1 saturated heterocycles. The van der Waals surface area contributed by atoms with Crippen molar-refractivity contribution in [1.29, 1.82) is 0 Å². The van der Waals surface area contributed by atoms with Crippen LogP contribution in [0.1, 0.15) is 41.1 Å². The third kappa shape index (κ3) is 8.52. The number of halogens is 3. The Kier molecular flexibility index (Phi) is 10.8. The van der Waals surface area contributed by atoms with Gasteiger partial charge in [-0.2, -0.15) is 4.68 Å². The van der Waals surface area contributed by atoms with Crippen LogP contribution in [-0.2, 0) is 27.4 Å². The van der Waals surface area contributed by atoms with Gasteiger partial charge in [0.25, 0.3) is 9.70 Å². The Morgan fingerprint density at radius 3 is 2.38 bits per heavy atom. The fourth-order valence-electron chi connectivity index (χ4n) is 5.20. The van der Waals surface area contributed by atoms with Crippen LogP contribution in [0.2, 0.25) is 0 Å². The lowest BCUT2D eigenvalue weighted by molar-refractivity contribution is -0.245. The Morgan fingerprint density at radius 1 is 0.894 bits per heavy atom. The van der Waals surface area contributed by atoms with Crippen molar-refractivity contribution in [2.75, 3.05) is 5.75 Å². The molecule has 47 heavy (non-hydrogen) atoms. The highest BCUT2D eigenvalue weighted by molar-refractivity contribution is 7.99. The molecule has 6 rings (SSSR count). The second-order valence-corrected chi connectivity index (χ2v) is 14.1. The normalized spacial score (nSPS) is 18.2. The summed E-state index contributed by atoms with van der Waals surface area (Å²) in [6.45, 7) is 0.180. The van der Waals surface area contributed by atoms with E-state index in [1.54, 1.807) is 4.68 Å². The highest BCUT2D eigenvalue weighted by Crippen LogP contribution is 2.40. The number of nitrogens with zero attached hydrogens (tertiary/aromatic N) is 4. The molecule has 0 bridgehead atoms. The van der Waals surface area contributed by atoms with Crippen molar-refractivity contribution in [3.8, 4) is 16.8 Å². The number of thioether (sulfide) groups is 1. The lowest BCUT2D eigenvalue weighted by atomic mass is 9.99. The van der Waals surface area contributed by atoms with E-state index in [1.807, 2.05) is 103 Å². The zero-order valence-corrected chi connectivity index (χ0v) is 28.0. The molecule has 0 spiro atoms. The molecule has 3 atom stereocenters. The van der Waals surface area contributed by atoms with Crippen molar-refractivity contribution < 1.29 is 19.4 Å². The second kappa shape index (κ2) is 15.2. The summed E-state index contributed by atoms with van der Waals surface area (Å²) in [6.07, 6.45) is -0.452. The number of aliphatic hydroxyl groups excluding tert-OH is 1. The molecular formula is C34H30Cl3N5O4S. The van der Waals surface area contributed by atoms with Crippen LogP contribution >= 0.6 is 46.6 Å². The average Bonchev–Trinajstić information content (AvgIpc) is 3.58. The van der Waals surface area contributed by atoms with Crippen LogP contribution in [-0.4, -0.2) is 46.9 Å². The number of aromatic nitrogens is 4. The van der Waals surface area contributed by atoms with Crippen molar-refractivity contribution >= 4 is 52.5 Å². The Labute approximate surface area is 291 Å². The molecule has 1 amide bonds. The number of carbonyl (C=O) groups is 1. The van der Waals surface area contributed by atoms with Crippen LogP contribution in [0.15, 0.2) is 108 Å². The number of hydrogen-bond donors (Lipinski definition) is 2. The van der Waals surface area contributed by atoms with E-state index >= 15 is 0 Å². The molecule has 0 aliphatic carbocycles. The summed E-state index contributed by atoms with van der Waals surface area (Å²) in [6, 6.07) is 33.3. The van der Waals surface area contributed by atoms with Crippen molar-refractivity contribution in [3.63, 3.8) is 0 Å². The van der Waals surface area contributed by atoms with Gasteiger partial charge in [-0.3, -0.25) is 4.79 Å². The molecule has 242 valence electrons. The topological polar surface area (TPSA) is 111 Å². The summed E-state index contributed by atoms with van der Waals surface area (Å²) in [4.78, 5) is 12.0. The van der Waals surface area contributed by atoms with Crippen LogP contribution in [0, 0.1) is 0 Å². The minimum absolute atomic E-state index is 0.0276. The summed E-state index contributed by atoms with van der Waals surface area (Å²) in [5.74, 6) is -0.0914. The molecule has 4 aromatic carbocycles. The maximum atomic E-state index is 12.0. The number of tetrazole rings is 1. The first-order valence-electron chi connectivity index (χ1n) is 14.8. The van der Waals surface area contributed by atoms with Gasteiger partial charge in [0.05, 0.1) is 24.5 Å². The molecule has 0 unspecified atom stereocenters. The van der Waals surface area contributed by atoms with Gasteiger partial charge in [-0.05, 0) is 62.5 Å². The molecule has 9 nitrogen and oxygen atoms in total. The number of alkyl halides is 3. The van der Waals surface area contributed by atoms with E-state index in [0.29, 0.717) is 17.3 Å². The van der Waals surface area contributed by atoms with E-state index in [2.05, 4.69) is 20.8 Å². The fraction of sp³-hybridized carbons (Fsp3) is 0.235. The van der Waals surface area contributed by atoms with E-state index in [4.69, 9.17) is 44.3 Å². The maximum absolute atomic E-state index is 12.0. The first-order valence-corrected chi connectivity index (χ1v) is 16.9. The number of ether oxygens (including phenoxy) is 2. The van der Waals surface area contributed by atoms with Crippen LogP contribution < -0.4 is 5.32 Å². The molecule has 0 radical (unpaired) electrons. The average molecular weight is 711 g/mol. The molecule has 2 N–H and O–H groups in total. The third-order valence-corrected chi connectivity index (χ3v) is 9.15. The minimum Gasteiger partial charge on any atom is -0.392 e. The number of aliphatic hydroxyl groups is 1. The fourth-order valence-corrected chi connectivity index (χ4v) is 6.31. The minimum atomic E-state index is -2.03. The van der Waals surface area contributed by atoms with Crippen LogP contribution in [0.25, 0.3) is 16.8 Å². The van der Waals surface area contributed by atoms with E-state index < -0.39 is 16.0 Å². The molecule has 2 heterocycles. The molecule has 1 aromatic heterocycles. The molecule has 1 aliphatic heterocycles. The van der Waals surface area contributed by atoms with Gasteiger partial charge in [0.1, 0.15) is 0 Å². The number of amides is 1. The maximum Gasteiger partial charge on any atom is 0.272 e. The van der Waals surface area contributed by atoms with Crippen LogP contribution in [0.3, 0.4) is 0 Å². The number of rotatable bonds is 10. The number of nitrogens with one attached hydrogen (secondary N) is 1. The van der Waals surface area contributed by atoms with Gasteiger partial charge in [0.2, 0.25) is 5.16 Å². The first-order chi connectivity index (χ1) is 22.8. The van der Waals surface area contributed by atoms with E-state index in [1.165, 1.54) is 11.8 Å². The van der Waals surface area contributed by atoms with Crippen molar-refractivity contribution in [2.24, 2.45) is 0 Å². The smallest absolute Gasteiger partial charge is 0.272 e. The standard InChI is InChI=1S/C34H30Cl3N5O4S/c35-34(36,37)32(44)38-19-23-6-4-7-25(16-23)26-8-5-9-27(17-26)31-45-29(18-30(46-31)24-14-12-22(20-43)13-15-24)21-47-33-39-40-41-42(33)28-10-2-1-3-11-28/h1-17,29-31,43H,18-21H2,(H,38,44)/t29-,30+,31+/m1/s1. The molecular weight excluding hydrogens is 681 g/mol. The Morgan fingerprint density at radius 2 is 1.64 bits per heavy atom. The highest BCUT2D eigenvalue weighted by Gasteiger charge is 2.33. The second-order valence-electron chi connectivity index (χ2n) is 10.9. The highest BCUT2D eigenvalue weighted by atomic mass is 35.6. The Bertz CT molecular complexity index is 1800. The Balaban J connectivity index is 1.22. The zero-order chi connectivity index (χ0) is 32.8. The summed E-state index contributed by atoms with van der Waals surface area (Å²) in [7, 11) is 0. The van der Waals surface area contributed by atoms with Crippen LogP contribution in [0.5, 0.6) is 0 Å². The number of benzene rings is 4. The number of carbonyl (C=O) groups excluding carboxylic acids is 1. The summed E-state index contributed by atoms with van der Waals surface area (Å²) >= 11 is 18.6. The number of para-hydroxylation sites is 1. The van der Waals surface area contributed by atoms with Crippen molar-refractivity contribution in [3.05, 3.63) is 125 Å². The molecule has 1 fully saturated rings. The summed E-state index contributed by atoms with van der Waals surface area (Å²) in [5.41, 5.74) is 6.31. The summed E-state index contributed by atoms with van der Waals surface area (Å²) < 4.78 is 12.8. The van der Waals surface area contributed by atoms with Crippen molar-refractivity contribution in [1.82, 2.24) is 25.5 Å². The van der Waals surface area contributed by atoms with Crippen molar-refractivity contribution in [2.45, 2.75) is 47.0 Å². The quantitative estimate of drug-likeness (QED) is 0.116.